The number of benzene rings is 3. The Bertz CT molecular complexity index is 1220. The molecule has 0 atom stereocenters. The number of hydrogen-bond acceptors (Lipinski definition) is 3. The number of rotatable bonds is 6. The molecule has 0 aromatic heterocycles. The Morgan fingerprint density at radius 2 is 1.39 bits per heavy atom. The van der Waals surface area contributed by atoms with Crippen molar-refractivity contribution in [3.8, 4) is 17.2 Å². The minimum atomic E-state index is -0.826. The summed E-state index contributed by atoms with van der Waals surface area (Å²) >= 11 is -0.826. The molecule has 7 rings (SSSR count). The minimum absolute atomic E-state index is 0.298. The normalized spacial score (nSPS) is 25.6. The molecule has 0 radical (unpaired) electrons. The molecule has 0 amide bonds. The van der Waals surface area contributed by atoms with E-state index >= 15 is 0 Å². The zero-order valence-corrected chi connectivity index (χ0v) is 26.0. The van der Waals surface area contributed by atoms with Crippen LogP contribution in [0.4, 0.5) is 0 Å². The Balaban J connectivity index is 0.000000937. The number of aromatic hydroxyl groups is 1. The van der Waals surface area contributed by atoms with Crippen molar-refractivity contribution >= 4 is 23.2 Å². The standard InChI is InChI=1S/C32H35NO2.2ClH.Zr/c1-32(2,26-9-5-3-6-10-26)29-19-28(35-27-11-7-4-8-12-27)18-25(31(29)34)20-33-30-23-14-21-13-22(16-23)17-24(30)15-21;;;/h3-12,18-24,30,34H,13-17H2,1-2H3;2*1H;/q;;;+2/p-2. The van der Waals surface area contributed by atoms with Crippen molar-refractivity contribution in [2.75, 3.05) is 0 Å². The molecule has 0 saturated heterocycles. The number of hydrogen-bond donors (Lipinski definition) is 1. The first kappa shape index (κ1) is 27.9. The van der Waals surface area contributed by atoms with Crippen LogP contribution in [-0.4, -0.2) is 17.4 Å². The summed E-state index contributed by atoms with van der Waals surface area (Å²) in [5, 5.41) is 11.5. The van der Waals surface area contributed by atoms with Crippen LogP contribution in [0.5, 0.6) is 17.2 Å². The third kappa shape index (κ3) is 6.08. The number of halogens is 2. The monoisotopic (exact) mass is 625 g/mol. The van der Waals surface area contributed by atoms with Gasteiger partial charge in [-0.25, -0.2) is 0 Å². The summed E-state index contributed by atoms with van der Waals surface area (Å²) in [6, 6.07) is 24.5. The van der Waals surface area contributed by atoms with Crippen LogP contribution in [0.3, 0.4) is 0 Å². The van der Waals surface area contributed by atoms with E-state index in [2.05, 4.69) is 26.0 Å². The van der Waals surface area contributed by atoms with Crippen molar-refractivity contribution in [1.29, 1.82) is 0 Å². The fourth-order valence-electron chi connectivity index (χ4n) is 7.20. The summed E-state index contributed by atoms with van der Waals surface area (Å²) in [6.07, 6.45) is 8.73. The van der Waals surface area contributed by atoms with Crippen molar-refractivity contribution < 1.29 is 30.7 Å². The van der Waals surface area contributed by atoms with Crippen LogP contribution in [0.2, 0.25) is 0 Å². The van der Waals surface area contributed by atoms with E-state index in [0.717, 1.165) is 40.0 Å². The number of para-hydroxylation sites is 1. The summed E-state index contributed by atoms with van der Waals surface area (Å²) in [7, 11) is 9.87. The molecule has 3 nitrogen and oxygen atoms in total. The Morgan fingerprint density at radius 1 is 0.842 bits per heavy atom. The quantitative estimate of drug-likeness (QED) is 0.277. The van der Waals surface area contributed by atoms with Crippen LogP contribution >= 0.6 is 17.0 Å². The second-order valence-corrected chi connectivity index (χ2v) is 15.3. The van der Waals surface area contributed by atoms with Crippen LogP contribution in [0.15, 0.2) is 77.8 Å². The molecule has 0 aliphatic heterocycles. The van der Waals surface area contributed by atoms with E-state index in [9.17, 15) is 5.11 Å². The predicted molar refractivity (Wildman–Crippen MR) is 153 cm³/mol. The molecule has 198 valence electrons. The molecular formula is C32H35Cl2NO2Zr. The SMILES string of the molecule is CC(C)(c1ccccc1)c1cc(Oc2ccccc2)cc(C=NC2C3CC4CC(C3)CC2C4)c1O.[Cl][Zr][Cl]. The molecule has 4 saturated carbocycles. The molecule has 6 heteroatoms. The van der Waals surface area contributed by atoms with Gasteiger partial charge in [-0.1, -0.05) is 62.4 Å². The summed E-state index contributed by atoms with van der Waals surface area (Å²) < 4.78 is 6.26. The molecule has 4 fully saturated rings. The Kier molecular flexibility index (Phi) is 9.03. The Hall–Kier alpha value is -1.61. The zero-order valence-electron chi connectivity index (χ0n) is 22.0. The van der Waals surface area contributed by atoms with Crippen molar-refractivity contribution in [3.63, 3.8) is 0 Å². The molecule has 3 aromatic carbocycles. The van der Waals surface area contributed by atoms with E-state index in [1.165, 1.54) is 32.1 Å². The van der Waals surface area contributed by atoms with Crippen molar-refractivity contribution in [1.82, 2.24) is 0 Å². The third-order valence-corrected chi connectivity index (χ3v) is 8.82. The van der Waals surface area contributed by atoms with Gasteiger partial charge in [0.25, 0.3) is 0 Å². The van der Waals surface area contributed by atoms with E-state index in [1.54, 1.807) is 0 Å². The first-order valence-corrected chi connectivity index (χ1v) is 19.9. The molecule has 0 spiro atoms. The number of nitrogens with zero attached hydrogens (tertiary/aromatic N) is 1. The van der Waals surface area contributed by atoms with Crippen molar-refractivity contribution in [2.45, 2.75) is 57.4 Å². The molecule has 38 heavy (non-hydrogen) atoms. The molecule has 3 aromatic rings. The van der Waals surface area contributed by atoms with E-state index in [-0.39, 0.29) is 0 Å². The predicted octanol–water partition coefficient (Wildman–Crippen LogP) is 9.13. The zero-order chi connectivity index (χ0) is 26.7. The topological polar surface area (TPSA) is 41.8 Å². The van der Waals surface area contributed by atoms with E-state index < -0.39 is 26.3 Å². The van der Waals surface area contributed by atoms with Gasteiger partial charge < -0.3 is 9.84 Å². The van der Waals surface area contributed by atoms with Crippen LogP contribution < -0.4 is 4.74 Å². The van der Waals surface area contributed by atoms with Gasteiger partial charge in [0.15, 0.2) is 0 Å². The van der Waals surface area contributed by atoms with Crippen molar-refractivity contribution in [2.24, 2.45) is 28.7 Å². The van der Waals surface area contributed by atoms with Gasteiger partial charge in [0.05, 0.1) is 6.04 Å². The summed E-state index contributed by atoms with van der Waals surface area (Å²) in [4.78, 5) is 5.16. The molecule has 4 aliphatic carbocycles. The molecule has 1 N–H and O–H groups in total. The molecular weight excluding hydrogens is 592 g/mol. The fraction of sp³-hybridized carbons (Fsp3) is 0.406. The Labute approximate surface area is 245 Å². The Morgan fingerprint density at radius 3 is 1.97 bits per heavy atom. The van der Waals surface area contributed by atoms with Crippen LogP contribution in [0.1, 0.15) is 62.6 Å². The van der Waals surface area contributed by atoms with Gasteiger partial charge in [-0.2, -0.15) is 0 Å². The number of phenolic OH excluding ortho intramolecular Hbond substituents is 1. The number of phenols is 1. The number of aliphatic imine (C=N–C) groups is 1. The van der Waals surface area contributed by atoms with Gasteiger partial charge in [0, 0.05) is 22.8 Å². The van der Waals surface area contributed by atoms with Crippen molar-refractivity contribution in [3.05, 3.63) is 89.5 Å². The first-order valence-electron chi connectivity index (χ1n) is 13.5. The fourth-order valence-corrected chi connectivity index (χ4v) is 7.20. The van der Waals surface area contributed by atoms with Gasteiger partial charge in [-0.05, 0) is 85.6 Å². The number of ether oxygens (including phenoxy) is 1. The maximum absolute atomic E-state index is 11.5. The average molecular weight is 628 g/mol. The molecule has 4 bridgehead atoms. The van der Waals surface area contributed by atoms with Gasteiger partial charge in [-0.3, -0.25) is 4.99 Å². The van der Waals surface area contributed by atoms with Gasteiger partial charge in [-0.15, -0.1) is 0 Å². The first-order chi connectivity index (χ1) is 18.4. The van der Waals surface area contributed by atoms with Crippen LogP contribution in [-0.2, 0) is 26.3 Å². The maximum atomic E-state index is 11.5. The van der Waals surface area contributed by atoms with Crippen LogP contribution in [0.25, 0.3) is 0 Å². The summed E-state index contributed by atoms with van der Waals surface area (Å²) in [6.45, 7) is 4.31. The van der Waals surface area contributed by atoms with E-state index in [1.807, 2.05) is 66.9 Å². The molecule has 0 heterocycles. The van der Waals surface area contributed by atoms with E-state index in [4.69, 9.17) is 26.8 Å². The summed E-state index contributed by atoms with van der Waals surface area (Å²) in [5.41, 5.74) is 2.35. The molecule has 4 aliphatic rings. The van der Waals surface area contributed by atoms with Gasteiger partial charge in [0.2, 0.25) is 0 Å². The second-order valence-electron chi connectivity index (χ2n) is 11.6. The van der Waals surface area contributed by atoms with Gasteiger partial charge >= 0.3 is 37.9 Å². The van der Waals surface area contributed by atoms with E-state index in [0.29, 0.717) is 23.6 Å². The van der Waals surface area contributed by atoms with Crippen LogP contribution in [0, 0.1) is 23.7 Å². The van der Waals surface area contributed by atoms with Gasteiger partial charge in [0.1, 0.15) is 17.2 Å². The average Bonchev–Trinajstić information content (AvgIpc) is 2.91. The molecule has 0 unspecified atom stereocenters. The summed E-state index contributed by atoms with van der Waals surface area (Å²) in [5.74, 6) is 5.09. The second kappa shape index (κ2) is 12.3. The third-order valence-electron chi connectivity index (χ3n) is 8.82.